The van der Waals surface area contributed by atoms with Gasteiger partial charge in [-0.2, -0.15) is 0 Å². The van der Waals surface area contributed by atoms with E-state index in [1.165, 1.54) is 0 Å². The largest absolute Gasteiger partial charge is 0.347 e. The minimum atomic E-state index is -0.426. The molecule has 1 atom stereocenters. The van der Waals surface area contributed by atoms with Gasteiger partial charge in [-0.25, -0.2) is 0 Å². The van der Waals surface area contributed by atoms with E-state index in [2.05, 4.69) is 10.6 Å². The number of rotatable bonds is 6. The molecule has 1 aliphatic rings. The monoisotopic (exact) mass is 379 g/mol. The second-order valence-corrected chi connectivity index (χ2v) is 7.17. The van der Waals surface area contributed by atoms with Crippen molar-refractivity contribution in [2.24, 2.45) is 5.92 Å². The first-order valence-corrected chi connectivity index (χ1v) is 9.39. The molecule has 6 heteroatoms. The molecule has 1 unspecified atom stereocenters. The Hall–Kier alpha value is -3.15. The topological polar surface area (TPSA) is 78.5 Å². The van der Waals surface area contributed by atoms with Crippen LogP contribution in [0.1, 0.15) is 23.1 Å². The third kappa shape index (κ3) is 4.76. The number of anilines is 1. The Kier molecular flexibility index (Phi) is 6.09. The summed E-state index contributed by atoms with van der Waals surface area (Å²) in [4.78, 5) is 38.5. The van der Waals surface area contributed by atoms with Crippen LogP contribution >= 0.6 is 0 Å². The molecule has 146 valence electrons. The molecule has 2 aromatic rings. The molecule has 0 radical (unpaired) electrons. The van der Waals surface area contributed by atoms with Crippen LogP contribution in [0.5, 0.6) is 0 Å². The molecular weight excluding hydrogens is 354 g/mol. The fraction of sp³-hybridized carbons (Fsp3) is 0.318. The number of nitrogens with zero attached hydrogens (tertiary/aromatic N) is 1. The van der Waals surface area contributed by atoms with Crippen molar-refractivity contribution in [2.45, 2.75) is 26.8 Å². The number of nitrogens with one attached hydrogen (secondary N) is 2. The highest BCUT2D eigenvalue weighted by atomic mass is 16.2. The van der Waals surface area contributed by atoms with Gasteiger partial charge in [0.05, 0.1) is 12.5 Å². The molecule has 1 aliphatic heterocycles. The Bertz CT molecular complexity index is 880. The predicted octanol–water partition coefficient (Wildman–Crippen LogP) is 2.41. The summed E-state index contributed by atoms with van der Waals surface area (Å²) in [7, 11) is 0. The smallest absolute Gasteiger partial charge is 0.243 e. The van der Waals surface area contributed by atoms with Crippen molar-refractivity contribution >= 4 is 23.4 Å². The molecule has 1 heterocycles. The standard InChI is InChI=1S/C22H25N3O3/c1-15-7-6-10-19(16(15)2)24-20(26)12-23-22(28)18-11-21(27)25(14-18)13-17-8-4-3-5-9-17/h3-10,18H,11-14H2,1-2H3,(H,23,28)(H,24,26). The Labute approximate surface area is 164 Å². The Balaban J connectivity index is 1.49. The van der Waals surface area contributed by atoms with E-state index >= 15 is 0 Å². The van der Waals surface area contributed by atoms with Crippen molar-refractivity contribution in [1.29, 1.82) is 0 Å². The van der Waals surface area contributed by atoms with Crippen molar-refractivity contribution in [1.82, 2.24) is 10.2 Å². The fourth-order valence-corrected chi connectivity index (χ4v) is 3.30. The number of carbonyl (C=O) groups excluding carboxylic acids is 3. The number of benzene rings is 2. The molecule has 6 nitrogen and oxygen atoms in total. The summed E-state index contributed by atoms with van der Waals surface area (Å²) >= 11 is 0. The summed E-state index contributed by atoms with van der Waals surface area (Å²) in [5, 5.41) is 5.47. The van der Waals surface area contributed by atoms with E-state index in [-0.39, 0.29) is 30.7 Å². The molecule has 0 aromatic heterocycles. The van der Waals surface area contributed by atoms with Crippen LogP contribution in [0.2, 0.25) is 0 Å². The zero-order chi connectivity index (χ0) is 20.1. The average Bonchev–Trinajstić information content (AvgIpc) is 3.05. The van der Waals surface area contributed by atoms with Gasteiger partial charge in [0.25, 0.3) is 0 Å². The van der Waals surface area contributed by atoms with E-state index < -0.39 is 5.92 Å². The minimum absolute atomic E-state index is 0.0381. The molecule has 0 spiro atoms. The lowest BCUT2D eigenvalue weighted by Gasteiger charge is -2.16. The van der Waals surface area contributed by atoms with E-state index in [4.69, 9.17) is 0 Å². The molecule has 3 amide bonds. The molecule has 1 saturated heterocycles. The van der Waals surface area contributed by atoms with Crippen LogP contribution in [-0.4, -0.2) is 35.7 Å². The lowest BCUT2D eigenvalue weighted by Crippen LogP contribution is -2.37. The summed E-state index contributed by atoms with van der Waals surface area (Å²) in [6.07, 6.45) is 0.178. The first kappa shape index (κ1) is 19.6. The van der Waals surface area contributed by atoms with Gasteiger partial charge in [-0.3, -0.25) is 14.4 Å². The number of carbonyl (C=O) groups is 3. The summed E-state index contributed by atoms with van der Waals surface area (Å²) in [6.45, 7) is 4.67. The maximum Gasteiger partial charge on any atom is 0.243 e. The number of aryl methyl sites for hydroxylation is 1. The Morgan fingerprint density at radius 1 is 1.07 bits per heavy atom. The van der Waals surface area contributed by atoms with Crippen LogP contribution in [0.15, 0.2) is 48.5 Å². The third-order valence-corrected chi connectivity index (χ3v) is 5.10. The molecule has 0 aliphatic carbocycles. The molecule has 3 rings (SSSR count). The lowest BCUT2D eigenvalue weighted by molar-refractivity contribution is -0.129. The molecule has 28 heavy (non-hydrogen) atoms. The molecule has 2 N–H and O–H groups in total. The highest BCUT2D eigenvalue weighted by Crippen LogP contribution is 2.20. The second kappa shape index (κ2) is 8.69. The van der Waals surface area contributed by atoms with Crippen LogP contribution in [0, 0.1) is 19.8 Å². The first-order chi connectivity index (χ1) is 13.4. The van der Waals surface area contributed by atoms with E-state index in [0.717, 1.165) is 22.4 Å². The van der Waals surface area contributed by atoms with E-state index in [1.54, 1.807) is 4.90 Å². The normalized spacial score (nSPS) is 16.1. The SMILES string of the molecule is Cc1cccc(NC(=O)CNC(=O)C2CC(=O)N(Cc3ccccc3)C2)c1C. The van der Waals surface area contributed by atoms with Crippen LogP contribution in [0.3, 0.4) is 0 Å². The fourth-order valence-electron chi connectivity index (χ4n) is 3.30. The first-order valence-electron chi connectivity index (χ1n) is 9.39. The highest BCUT2D eigenvalue weighted by Gasteiger charge is 2.34. The number of likely N-dealkylation sites (tertiary alicyclic amines) is 1. The summed E-state index contributed by atoms with van der Waals surface area (Å²) in [5.74, 6) is -1.01. The summed E-state index contributed by atoms with van der Waals surface area (Å²) in [6, 6.07) is 15.4. The van der Waals surface area contributed by atoms with Crippen molar-refractivity contribution in [2.75, 3.05) is 18.4 Å². The lowest BCUT2D eigenvalue weighted by atomic mass is 10.1. The van der Waals surface area contributed by atoms with Gasteiger partial charge in [-0.1, -0.05) is 42.5 Å². The number of hydrogen-bond donors (Lipinski definition) is 2. The predicted molar refractivity (Wildman–Crippen MR) is 108 cm³/mol. The van der Waals surface area contributed by atoms with Crippen molar-refractivity contribution in [3.05, 3.63) is 65.2 Å². The van der Waals surface area contributed by atoms with Crippen LogP contribution in [-0.2, 0) is 20.9 Å². The van der Waals surface area contributed by atoms with Gasteiger partial charge in [0.2, 0.25) is 17.7 Å². The molecule has 1 fully saturated rings. The highest BCUT2D eigenvalue weighted by molar-refractivity contribution is 5.96. The average molecular weight is 379 g/mol. The third-order valence-electron chi connectivity index (χ3n) is 5.10. The van der Waals surface area contributed by atoms with Gasteiger partial charge in [-0.15, -0.1) is 0 Å². The van der Waals surface area contributed by atoms with Gasteiger partial charge in [0.15, 0.2) is 0 Å². The van der Waals surface area contributed by atoms with Crippen molar-refractivity contribution < 1.29 is 14.4 Å². The molecule has 0 bridgehead atoms. The number of hydrogen-bond acceptors (Lipinski definition) is 3. The maximum absolute atomic E-state index is 12.4. The summed E-state index contributed by atoms with van der Waals surface area (Å²) < 4.78 is 0. The zero-order valence-corrected chi connectivity index (χ0v) is 16.2. The van der Waals surface area contributed by atoms with E-state index in [0.29, 0.717) is 13.1 Å². The van der Waals surface area contributed by atoms with Crippen LogP contribution in [0.4, 0.5) is 5.69 Å². The minimum Gasteiger partial charge on any atom is -0.347 e. The quantitative estimate of drug-likeness (QED) is 0.809. The zero-order valence-electron chi connectivity index (χ0n) is 16.2. The van der Waals surface area contributed by atoms with Crippen molar-refractivity contribution in [3.63, 3.8) is 0 Å². The van der Waals surface area contributed by atoms with Crippen molar-refractivity contribution in [3.8, 4) is 0 Å². The Morgan fingerprint density at radius 2 is 1.82 bits per heavy atom. The van der Waals surface area contributed by atoms with E-state index in [1.807, 2.05) is 62.4 Å². The van der Waals surface area contributed by atoms with E-state index in [9.17, 15) is 14.4 Å². The van der Waals surface area contributed by atoms with Gasteiger partial charge < -0.3 is 15.5 Å². The maximum atomic E-state index is 12.4. The van der Waals surface area contributed by atoms with Gasteiger partial charge >= 0.3 is 0 Å². The number of amides is 3. The molecule has 2 aromatic carbocycles. The molecular formula is C22H25N3O3. The molecule has 0 saturated carbocycles. The van der Waals surface area contributed by atoms with Crippen LogP contribution < -0.4 is 10.6 Å². The Morgan fingerprint density at radius 3 is 2.57 bits per heavy atom. The van der Waals surface area contributed by atoms with Crippen LogP contribution in [0.25, 0.3) is 0 Å². The van der Waals surface area contributed by atoms with Gasteiger partial charge in [0.1, 0.15) is 0 Å². The van der Waals surface area contributed by atoms with Gasteiger partial charge in [0, 0.05) is 25.2 Å². The van der Waals surface area contributed by atoms with Gasteiger partial charge in [-0.05, 0) is 36.6 Å². The summed E-state index contributed by atoms with van der Waals surface area (Å²) in [5.41, 5.74) is 3.86. The second-order valence-electron chi connectivity index (χ2n) is 7.17.